The Morgan fingerprint density at radius 3 is 1.96 bits per heavy atom. The van der Waals surface area contributed by atoms with Crippen LogP contribution in [0.1, 0.15) is 0 Å². The molecule has 0 aromatic heterocycles. The average molecular weight is 455 g/mol. The Morgan fingerprint density at radius 2 is 1.39 bits per heavy atom. The molecule has 0 atom stereocenters. The first kappa shape index (κ1) is 19.3. The first-order valence-corrected chi connectivity index (χ1v) is 9.82. The Labute approximate surface area is 163 Å². The molecule has 0 aliphatic heterocycles. The van der Waals surface area contributed by atoms with Gasteiger partial charge >= 0.3 is 10.1 Å². The molecular weight excluding hydrogens is 449 g/mol. The van der Waals surface area contributed by atoms with Crippen LogP contribution >= 0.6 is 69.6 Å². The van der Waals surface area contributed by atoms with Crippen LogP contribution in [-0.2, 0) is 10.1 Å². The maximum Gasteiger partial charge on any atom is 0.306 e. The summed E-state index contributed by atoms with van der Waals surface area (Å²) in [6.07, 6.45) is 0.847. The van der Waals surface area contributed by atoms with Gasteiger partial charge < -0.3 is 4.18 Å². The minimum Gasteiger partial charge on any atom is -0.379 e. The lowest BCUT2D eigenvalue weighted by Crippen LogP contribution is -2.07. The van der Waals surface area contributed by atoms with Gasteiger partial charge in [-0.2, -0.15) is 8.42 Å². The molecule has 0 N–H and O–H groups in total. The Balaban J connectivity index is 2.83. The van der Waals surface area contributed by atoms with Crippen LogP contribution in [0.4, 0.5) is 0 Å². The van der Waals surface area contributed by atoms with Crippen LogP contribution in [0.25, 0.3) is 11.1 Å². The summed E-state index contributed by atoms with van der Waals surface area (Å²) in [4.78, 5) is 0. The van der Waals surface area contributed by atoms with Crippen LogP contribution in [0.15, 0.2) is 18.2 Å². The summed E-state index contributed by atoms with van der Waals surface area (Å²) in [6, 6.07) is 4.42. The monoisotopic (exact) mass is 452 g/mol. The molecular formula is C13H6Cl6O3S. The van der Waals surface area contributed by atoms with Crippen LogP contribution in [0.2, 0.25) is 30.1 Å². The summed E-state index contributed by atoms with van der Waals surface area (Å²) in [5, 5.41) is 0.348. The summed E-state index contributed by atoms with van der Waals surface area (Å²) < 4.78 is 27.6. The highest BCUT2D eigenvalue weighted by atomic mass is 35.5. The maximum absolute atomic E-state index is 11.4. The molecule has 0 saturated heterocycles. The van der Waals surface area contributed by atoms with Gasteiger partial charge in [0.1, 0.15) is 5.02 Å². The van der Waals surface area contributed by atoms with Crippen LogP contribution in [0.3, 0.4) is 0 Å². The Hall–Kier alpha value is -0.0700. The second kappa shape index (κ2) is 7.04. The fourth-order valence-electron chi connectivity index (χ4n) is 1.76. The van der Waals surface area contributed by atoms with E-state index >= 15 is 0 Å². The molecule has 124 valence electrons. The Morgan fingerprint density at radius 1 is 0.826 bits per heavy atom. The average Bonchev–Trinajstić information content (AvgIpc) is 2.44. The van der Waals surface area contributed by atoms with Crippen LogP contribution < -0.4 is 4.18 Å². The van der Waals surface area contributed by atoms with Crippen molar-refractivity contribution in [2.24, 2.45) is 0 Å². The molecule has 2 aromatic carbocycles. The van der Waals surface area contributed by atoms with Gasteiger partial charge in [0.15, 0.2) is 5.75 Å². The van der Waals surface area contributed by atoms with Gasteiger partial charge in [0.05, 0.1) is 31.4 Å². The topological polar surface area (TPSA) is 43.4 Å². The predicted octanol–water partition coefficient (Wildman–Crippen LogP) is 6.61. The van der Waals surface area contributed by atoms with E-state index in [-0.39, 0.29) is 47.0 Å². The maximum atomic E-state index is 11.4. The van der Waals surface area contributed by atoms with Crippen LogP contribution in [0, 0.1) is 0 Å². The lowest BCUT2D eigenvalue weighted by Gasteiger charge is -2.15. The fraction of sp³-hybridized carbons (Fsp3) is 0.0769. The summed E-state index contributed by atoms with van der Waals surface area (Å²) >= 11 is 36.5. The van der Waals surface area contributed by atoms with Crippen molar-refractivity contribution in [2.45, 2.75) is 0 Å². The molecule has 2 rings (SSSR count). The highest BCUT2D eigenvalue weighted by Crippen LogP contribution is 2.49. The molecule has 0 spiro atoms. The molecule has 0 aliphatic rings. The van der Waals surface area contributed by atoms with Crippen molar-refractivity contribution in [1.29, 1.82) is 0 Å². The standard InChI is InChI=1S/C13H6Cl6O3S/c1-23(20,21)22-13-10(17)5(4-8(16)12(13)19)9-6(14)2-3-7(15)11(9)18/h2-4H,1H3. The van der Waals surface area contributed by atoms with Gasteiger partial charge in [-0.25, -0.2) is 0 Å². The van der Waals surface area contributed by atoms with E-state index in [1.807, 2.05) is 0 Å². The van der Waals surface area contributed by atoms with Crippen molar-refractivity contribution >= 4 is 79.7 Å². The molecule has 2 aromatic rings. The number of hydrogen-bond acceptors (Lipinski definition) is 3. The van der Waals surface area contributed by atoms with Gasteiger partial charge in [0, 0.05) is 11.1 Å². The summed E-state index contributed by atoms with van der Waals surface area (Å²) in [5.41, 5.74) is 0.514. The molecule has 3 nitrogen and oxygen atoms in total. The third-order valence-electron chi connectivity index (χ3n) is 2.66. The fourth-order valence-corrected chi connectivity index (χ4v) is 3.77. The van der Waals surface area contributed by atoms with Crippen molar-refractivity contribution < 1.29 is 12.6 Å². The van der Waals surface area contributed by atoms with Crippen molar-refractivity contribution in [3.63, 3.8) is 0 Å². The zero-order valence-electron chi connectivity index (χ0n) is 11.1. The lowest BCUT2D eigenvalue weighted by molar-refractivity contribution is 0.493. The third-order valence-corrected chi connectivity index (χ3v) is 5.40. The Bertz CT molecular complexity index is 895. The molecule has 0 aliphatic carbocycles. The van der Waals surface area contributed by atoms with Gasteiger partial charge in [0.2, 0.25) is 0 Å². The van der Waals surface area contributed by atoms with Gasteiger partial charge in [-0.05, 0) is 18.2 Å². The van der Waals surface area contributed by atoms with Crippen molar-refractivity contribution in [2.75, 3.05) is 6.26 Å². The van der Waals surface area contributed by atoms with Gasteiger partial charge in [-0.1, -0.05) is 69.6 Å². The molecule has 0 amide bonds. The highest BCUT2D eigenvalue weighted by Gasteiger charge is 2.23. The molecule has 0 bridgehead atoms. The second-order valence-corrected chi connectivity index (χ2v) is 8.30. The summed E-state index contributed by atoms with van der Waals surface area (Å²) in [7, 11) is -3.89. The molecule has 0 heterocycles. The van der Waals surface area contributed by atoms with Crippen LogP contribution in [-0.4, -0.2) is 14.7 Å². The predicted molar refractivity (Wildman–Crippen MR) is 97.4 cm³/mol. The Kier molecular flexibility index (Phi) is 5.90. The van der Waals surface area contributed by atoms with E-state index in [0.29, 0.717) is 0 Å². The van der Waals surface area contributed by atoms with Gasteiger partial charge in [-0.15, -0.1) is 0 Å². The lowest BCUT2D eigenvalue weighted by atomic mass is 10.0. The first-order chi connectivity index (χ1) is 10.5. The molecule has 10 heteroatoms. The van der Waals surface area contributed by atoms with E-state index in [1.165, 1.54) is 18.2 Å². The summed E-state index contributed by atoms with van der Waals surface area (Å²) in [6.45, 7) is 0. The van der Waals surface area contributed by atoms with E-state index in [9.17, 15) is 8.42 Å². The second-order valence-electron chi connectivity index (χ2n) is 4.37. The molecule has 0 fully saturated rings. The molecule has 0 saturated carbocycles. The van der Waals surface area contributed by atoms with Crippen molar-refractivity contribution in [1.82, 2.24) is 0 Å². The van der Waals surface area contributed by atoms with Gasteiger partial charge in [-0.3, -0.25) is 0 Å². The van der Waals surface area contributed by atoms with Crippen molar-refractivity contribution in [3.05, 3.63) is 48.3 Å². The first-order valence-electron chi connectivity index (χ1n) is 5.73. The van der Waals surface area contributed by atoms with E-state index in [0.717, 1.165) is 6.26 Å². The van der Waals surface area contributed by atoms with E-state index in [4.69, 9.17) is 73.8 Å². The number of rotatable bonds is 3. The van der Waals surface area contributed by atoms with Gasteiger partial charge in [0.25, 0.3) is 0 Å². The highest BCUT2D eigenvalue weighted by molar-refractivity contribution is 7.86. The number of hydrogen-bond donors (Lipinski definition) is 0. The zero-order chi connectivity index (χ0) is 17.5. The number of halogens is 6. The molecule has 0 unspecified atom stereocenters. The quantitative estimate of drug-likeness (QED) is 0.387. The van der Waals surface area contributed by atoms with E-state index < -0.39 is 10.1 Å². The molecule has 23 heavy (non-hydrogen) atoms. The minimum atomic E-state index is -3.89. The smallest absolute Gasteiger partial charge is 0.306 e. The SMILES string of the molecule is CS(=O)(=O)Oc1c(Cl)c(Cl)cc(-c2c(Cl)ccc(Cl)c2Cl)c1Cl. The normalized spacial score (nSPS) is 11.6. The summed E-state index contributed by atoms with van der Waals surface area (Å²) in [5.74, 6) is -0.314. The zero-order valence-corrected chi connectivity index (χ0v) is 16.5. The van der Waals surface area contributed by atoms with Crippen molar-refractivity contribution in [3.8, 4) is 16.9 Å². The van der Waals surface area contributed by atoms with Crippen LogP contribution in [0.5, 0.6) is 5.75 Å². The largest absolute Gasteiger partial charge is 0.379 e. The van der Waals surface area contributed by atoms with E-state index in [2.05, 4.69) is 0 Å². The third kappa shape index (κ3) is 4.13. The minimum absolute atomic E-state index is 0.0109. The molecule has 0 radical (unpaired) electrons. The number of benzene rings is 2. The van der Waals surface area contributed by atoms with E-state index in [1.54, 1.807) is 0 Å².